The zero-order valence-corrected chi connectivity index (χ0v) is 9.46. The highest BCUT2D eigenvalue weighted by atomic mass is 16.5. The SMILES string of the molecule is CC(O)c1oc(CO)cc1Oc1ccccc1. The number of hydrogen-bond acceptors (Lipinski definition) is 4. The number of aliphatic hydroxyl groups excluding tert-OH is 2. The van der Waals surface area contributed by atoms with Gasteiger partial charge in [-0.2, -0.15) is 0 Å². The lowest BCUT2D eigenvalue weighted by molar-refractivity contribution is 0.156. The predicted octanol–water partition coefficient (Wildman–Crippen LogP) is 2.62. The molecule has 0 aliphatic carbocycles. The van der Waals surface area contributed by atoms with Crippen molar-refractivity contribution in [3.8, 4) is 11.5 Å². The first-order valence-corrected chi connectivity index (χ1v) is 5.35. The van der Waals surface area contributed by atoms with Crippen LogP contribution in [0.3, 0.4) is 0 Å². The van der Waals surface area contributed by atoms with E-state index in [-0.39, 0.29) is 6.61 Å². The summed E-state index contributed by atoms with van der Waals surface area (Å²) in [5, 5.41) is 18.5. The maximum atomic E-state index is 9.54. The number of furan rings is 1. The Hall–Kier alpha value is -1.78. The Morgan fingerprint density at radius 3 is 2.59 bits per heavy atom. The average molecular weight is 234 g/mol. The van der Waals surface area contributed by atoms with Crippen LogP contribution in [-0.2, 0) is 6.61 Å². The maximum Gasteiger partial charge on any atom is 0.174 e. The monoisotopic (exact) mass is 234 g/mol. The third-order valence-electron chi connectivity index (χ3n) is 2.28. The van der Waals surface area contributed by atoms with Gasteiger partial charge in [-0.25, -0.2) is 0 Å². The molecule has 1 aromatic carbocycles. The molecule has 2 rings (SSSR count). The van der Waals surface area contributed by atoms with Crippen LogP contribution in [0.4, 0.5) is 0 Å². The summed E-state index contributed by atoms with van der Waals surface area (Å²) in [4.78, 5) is 0. The van der Waals surface area contributed by atoms with Crippen LogP contribution in [0.2, 0.25) is 0 Å². The van der Waals surface area contributed by atoms with Gasteiger partial charge >= 0.3 is 0 Å². The van der Waals surface area contributed by atoms with Gasteiger partial charge in [-0.3, -0.25) is 0 Å². The lowest BCUT2D eigenvalue weighted by Gasteiger charge is -2.06. The van der Waals surface area contributed by atoms with Gasteiger partial charge in [-0.05, 0) is 19.1 Å². The molecule has 0 aliphatic rings. The number of para-hydroxylation sites is 1. The van der Waals surface area contributed by atoms with E-state index in [0.717, 1.165) is 0 Å². The molecule has 0 saturated heterocycles. The normalized spacial score (nSPS) is 12.4. The minimum absolute atomic E-state index is 0.224. The lowest BCUT2D eigenvalue weighted by atomic mass is 10.3. The molecule has 1 heterocycles. The fraction of sp³-hybridized carbons (Fsp3) is 0.231. The second kappa shape index (κ2) is 5.03. The van der Waals surface area contributed by atoms with E-state index in [9.17, 15) is 5.11 Å². The molecule has 17 heavy (non-hydrogen) atoms. The third-order valence-corrected chi connectivity index (χ3v) is 2.28. The van der Waals surface area contributed by atoms with Gasteiger partial charge in [0, 0.05) is 6.07 Å². The van der Waals surface area contributed by atoms with Crippen LogP contribution in [0, 0.1) is 0 Å². The summed E-state index contributed by atoms with van der Waals surface area (Å²) in [7, 11) is 0. The minimum atomic E-state index is -0.783. The van der Waals surface area contributed by atoms with Crippen LogP contribution in [0.5, 0.6) is 11.5 Å². The first-order valence-electron chi connectivity index (χ1n) is 5.35. The van der Waals surface area contributed by atoms with E-state index in [1.165, 1.54) is 0 Å². The third kappa shape index (κ3) is 2.67. The van der Waals surface area contributed by atoms with Gasteiger partial charge in [0.25, 0.3) is 0 Å². The summed E-state index contributed by atoms with van der Waals surface area (Å²) in [6, 6.07) is 10.8. The molecule has 0 bridgehead atoms. The fourth-order valence-corrected chi connectivity index (χ4v) is 1.50. The van der Waals surface area contributed by atoms with Crippen molar-refractivity contribution >= 4 is 0 Å². The molecular weight excluding hydrogens is 220 g/mol. The minimum Gasteiger partial charge on any atom is -0.457 e. The first-order chi connectivity index (χ1) is 8.20. The van der Waals surface area contributed by atoms with E-state index >= 15 is 0 Å². The summed E-state index contributed by atoms with van der Waals surface area (Å²) in [5.74, 6) is 1.76. The maximum absolute atomic E-state index is 9.54. The molecule has 0 radical (unpaired) electrons. The number of benzene rings is 1. The standard InChI is InChI=1S/C13H14O4/c1-9(15)13-12(7-11(8-14)17-13)16-10-5-3-2-4-6-10/h2-7,9,14-15H,8H2,1H3. The molecule has 0 aliphatic heterocycles. The van der Waals surface area contributed by atoms with Crippen molar-refractivity contribution < 1.29 is 19.4 Å². The Morgan fingerprint density at radius 2 is 2.00 bits per heavy atom. The molecule has 0 amide bonds. The van der Waals surface area contributed by atoms with E-state index in [1.54, 1.807) is 25.1 Å². The molecule has 0 spiro atoms. The summed E-state index contributed by atoms with van der Waals surface area (Å²) >= 11 is 0. The van der Waals surface area contributed by atoms with Gasteiger partial charge < -0.3 is 19.4 Å². The van der Waals surface area contributed by atoms with Crippen molar-refractivity contribution in [3.05, 3.63) is 47.9 Å². The molecule has 1 aromatic heterocycles. The Labute approximate surface area is 99.1 Å². The number of aliphatic hydroxyl groups is 2. The molecule has 4 heteroatoms. The fourth-order valence-electron chi connectivity index (χ4n) is 1.50. The zero-order chi connectivity index (χ0) is 12.3. The Kier molecular flexibility index (Phi) is 3.46. The van der Waals surface area contributed by atoms with Crippen LogP contribution < -0.4 is 4.74 Å². The molecule has 2 N–H and O–H groups in total. The Morgan fingerprint density at radius 1 is 1.29 bits per heavy atom. The average Bonchev–Trinajstić information content (AvgIpc) is 2.74. The topological polar surface area (TPSA) is 62.8 Å². The Bertz CT molecular complexity index is 473. The first kappa shape index (κ1) is 11.7. The molecule has 0 fully saturated rings. The summed E-state index contributed by atoms with van der Waals surface area (Å²) < 4.78 is 10.9. The highest BCUT2D eigenvalue weighted by Crippen LogP contribution is 2.32. The van der Waals surface area contributed by atoms with Gasteiger partial charge in [-0.15, -0.1) is 0 Å². The highest BCUT2D eigenvalue weighted by molar-refractivity contribution is 5.35. The molecule has 4 nitrogen and oxygen atoms in total. The smallest absolute Gasteiger partial charge is 0.174 e. The van der Waals surface area contributed by atoms with Gasteiger partial charge in [0.15, 0.2) is 11.5 Å². The van der Waals surface area contributed by atoms with Crippen molar-refractivity contribution in [2.24, 2.45) is 0 Å². The largest absolute Gasteiger partial charge is 0.457 e. The van der Waals surface area contributed by atoms with Gasteiger partial charge in [0.1, 0.15) is 24.2 Å². The van der Waals surface area contributed by atoms with Gasteiger partial charge in [-0.1, -0.05) is 18.2 Å². The van der Waals surface area contributed by atoms with Crippen molar-refractivity contribution in [3.63, 3.8) is 0 Å². The van der Waals surface area contributed by atoms with Crippen LogP contribution >= 0.6 is 0 Å². The highest BCUT2D eigenvalue weighted by Gasteiger charge is 2.17. The van der Waals surface area contributed by atoms with Crippen molar-refractivity contribution in [1.82, 2.24) is 0 Å². The molecule has 2 aromatic rings. The zero-order valence-electron chi connectivity index (χ0n) is 9.46. The van der Waals surface area contributed by atoms with Gasteiger partial charge in [0.05, 0.1) is 0 Å². The predicted molar refractivity (Wildman–Crippen MR) is 61.8 cm³/mol. The second-order valence-electron chi connectivity index (χ2n) is 3.69. The molecule has 1 atom stereocenters. The van der Waals surface area contributed by atoms with Crippen molar-refractivity contribution in [1.29, 1.82) is 0 Å². The second-order valence-corrected chi connectivity index (χ2v) is 3.69. The Balaban J connectivity index is 2.28. The molecule has 90 valence electrons. The summed E-state index contributed by atoms with van der Waals surface area (Å²) in [6.45, 7) is 1.36. The molecular formula is C13H14O4. The van der Waals surface area contributed by atoms with Crippen LogP contribution in [0.25, 0.3) is 0 Å². The van der Waals surface area contributed by atoms with Gasteiger partial charge in [0.2, 0.25) is 0 Å². The number of hydrogen-bond donors (Lipinski definition) is 2. The molecule has 0 saturated carbocycles. The molecule has 1 unspecified atom stereocenters. The quantitative estimate of drug-likeness (QED) is 0.853. The van der Waals surface area contributed by atoms with E-state index in [0.29, 0.717) is 23.0 Å². The van der Waals surface area contributed by atoms with Crippen molar-refractivity contribution in [2.75, 3.05) is 0 Å². The van der Waals surface area contributed by atoms with Crippen LogP contribution in [0.1, 0.15) is 24.5 Å². The van der Waals surface area contributed by atoms with Crippen LogP contribution in [0.15, 0.2) is 40.8 Å². The summed E-state index contributed by atoms with van der Waals surface area (Å²) in [5.41, 5.74) is 0. The van der Waals surface area contributed by atoms with E-state index in [4.69, 9.17) is 14.3 Å². The van der Waals surface area contributed by atoms with Crippen molar-refractivity contribution in [2.45, 2.75) is 19.6 Å². The van der Waals surface area contributed by atoms with E-state index in [2.05, 4.69) is 0 Å². The van der Waals surface area contributed by atoms with E-state index in [1.807, 2.05) is 18.2 Å². The number of rotatable bonds is 4. The van der Waals surface area contributed by atoms with E-state index < -0.39 is 6.10 Å². The van der Waals surface area contributed by atoms with Crippen LogP contribution in [-0.4, -0.2) is 10.2 Å². The lowest BCUT2D eigenvalue weighted by Crippen LogP contribution is -1.92. The number of ether oxygens (including phenoxy) is 1. The summed E-state index contributed by atoms with van der Waals surface area (Å²) in [6.07, 6.45) is -0.783.